The number of unbranched alkanes of at least 4 members (excludes halogenated alkanes) is 1. The second-order valence-electron chi connectivity index (χ2n) is 7.39. The van der Waals surface area contributed by atoms with Crippen LogP contribution in [-0.2, 0) is 14.3 Å². The van der Waals surface area contributed by atoms with Gasteiger partial charge in [0.1, 0.15) is 23.9 Å². The van der Waals surface area contributed by atoms with E-state index in [2.05, 4.69) is 16.7 Å². The Bertz CT molecular complexity index is 764. The molecule has 8 nitrogen and oxygen atoms in total. The highest BCUT2D eigenvalue weighted by atomic mass is 16.6. The number of hydrogen-bond acceptors (Lipinski definition) is 5. The lowest BCUT2D eigenvalue weighted by Gasteiger charge is -2.27. The normalized spacial score (nSPS) is 11.7. The molecular formula is C21H29N3O5. The summed E-state index contributed by atoms with van der Waals surface area (Å²) in [4.78, 5) is 38.1. The maximum atomic E-state index is 12.8. The number of ether oxygens (including phenoxy) is 1. The Morgan fingerprint density at radius 1 is 1.28 bits per heavy atom. The molecule has 0 spiro atoms. The smallest absolute Gasteiger partial charge is 0.408 e. The molecule has 0 aliphatic rings. The quantitative estimate of drug-likeness (QED) is 0.351. The van der Waals surface area contributed by atoms with Crippen LogP contribution in [0.25, 0.3) is 0 Å². The minimum Gasteiger partial charge on any atom is -0.508 e. The third-order valence-electron chi connectivity index (χ3n) is 3.71. The number of benzene rings is 1. The van der Waals surface area contributed by atoms with Gasteiger partial charge in [-0.15, -0.1) is 0 Å². The molecule has 0 aliphatic heterocycles. The first-order valence-corrected chi connectivity index (χ1v) is 9.40. The highest BCUT2D eigenvalue weighted by Gasteiger charge is 2.31. The first-order valence-electron chi connectivity index (χ1n) is 9.40. The van der Waals surface area contributed by atoms with Gasteiger partial charge in [-0.25, -0.2) is 4.79 Å². The predicted octanol–water partition coefficient (Wildman–Crippen LogP) is 2.29. The first-order chi connectivity index (χ1) is 13.6. The van der Waals surface area contributed by atoms with Gasteiger partial charge in [-0.2, -0.15) is 0 Å². The zero-order chi connectivity index (χ0) is 22.0. The molecule has 1 aromatic carbocycles. The number of phenolic OH excluding ortho intramolecular Hbond substituents is 1. The van der Waals surface area contributed by atoms with Gasteiger partial charge in [0.15, 0.2) is 0 Å². The number of alkyl carbamates (subject to hydrolysis) is 1. The number of nitrogens with zero attached hydrogens (tertiary/aromatic N) is 1. The average Bonchev–Trinajstić information content (AvgIpc) is 2.62. The van der Waals surface area contributed by atoms with Gasteiger partial charge in [-0.1, -0.05) is 31.9 Å². The number of rotatable bonds is 8. The minimum absolute atomic E-state index is 0.0647. The van der Waals surface area contributed by atoms with E-state index < -0.39 is 36.1 Å². The van der Waals surface area contributed by atoms with Crippen LogP contribution in [0.5, 0.6) is 5.75 Å². The molecule has 0 bridgehead atoms. The maximum Gasteiger partial charge on any atom is 0.408 e. The van der Waals surface area contributed by atoms with E-state index in [0.29, 0.717) is 12.1 Å². The summed E-state index contributed by atoms with van der Waals surface area (Å²) < 4.78 is 5.09. The highest BCUT2D eigenvalue weighted by molar-refractivity contribution is 5.91. The topological polar surface area (TPSA) is 108 Å². The van der Waals surface area contributed by atoms with Gasteiger partial charge < -0.3 is 20.5 Å². The first kappa shape index (κ1) is 23.8. The van der Waals surface area contributed by atoms with Crippen molar-refractivity contribution in [3.05, 3.63) is 29.8 Å². The maximum absolute atomic E-state index is 12.8. The SMILES string of the molecule is C#CN(C(=O)CNC(=O)OC(C)(C)C)C(C(=O)NCCCC)c1cccc(O)c1. The van der Waals surface area contributed by atoms with E-state index in [-0.39, 0.29) is 5.75 Å². The van der Waals surface area contributed by atoms with E-state index >= 15 is 0 Å². The Labute approximate surface area is 171 Å². The van der Waals surface area contributed by atoms with E-state index in [1.807, 2.05) is 6.92 Å². The molecule has 0 aromatic heterocycles. The molecule has 0 fully saturated rings. The number of terminal acetylenes is 1. The standard InChI is InChI=1S/C21H29N3O5/c1-6-8-12-22-19(27)18(15-10-9-11-16(25)13-15)24(7-2)17(26)14-23-20(28)29-21(3,4)5/h2,9-11,13,18,25H,6,8,12,14H2,1,3-5H3,(H,22,27)(H,23,28). The molecule has 158 valence electrons. The van der Waals surface area contributed by atoms with Crippen molar-refractivity contribution < 1.29 is 24.2 Å². The summed E-state index contributed by atoms with van der Waals surface area (Å²) in [5.74, 6) is -1.21. The third kappa shape index (κ3) is 8.13. The van der Waals surface area contributed by atoms with Crippen molar-refractivity contribution in [2.75, 3.05) is 13.1 Å². The summed E-state index contributed by atoms with van der Waals surface area (Å²) in [6, 6.07) is 7.00. The predicted molar refractivity (Wildman–Crippen MR) is 109 cm³/mol. The number of phenols is 1. The summed E-state index contributed by atoms with van der Waals surface area (Å²) >= 11 is 0. The lowest BCUT2D eigenvalue weighted by Crippen LogP contribution is -2.45. The van der Waals surface area contributed by atoms with E-state index in [1.165, 1.54) is 12.1 Å². The van der Waals surface area contributed by atoms with Crippen molar-refractivity contribution in [2.45, 2.75) is 52.2 Å². The summed E-state index contributed by atoms with van der Waals surface area (Å²) in [5.41, 5.74) is -0.370. The van der Waals surface area contributed by atoms with Crippen LogP contribution >= 0.6 is 0 Å². The Morgan fingerprint density at radius 2 is 1.97 bits per heavy atom. The highest BCUT2D eigenvalue weighted by Crippen LogP contribution is 2.24. The molecule has 8 heteroatoms. The molecule has 3 amide bonds. The van der Waals surface area contributed by atoms with Gasteiger partial charge in [0, 0.05) is 12.6 Å². The van der Waals surface area contributed by atoms with Gasteiger partial charge >= 0.3 is 6.09 Å². The number of aromatic hydroxyl groups is 1. The number of carbonyl (C=O) groups excluding carboxylic acids is 3. The van der Waals surface area contributed by atoms with Crippen LogP contribution in [0.4, 0.5) is 4.79 Å². The Balaban J connectivity index is 3.01. The van der Waals surface area contributed by atoms with E-state index in [4.69, 9.17) is 11.2 Å². The minimum atomic E-state index is -1.16. The van der Waals surface area contributed by atoms with Gasteiger partial charge in [0.05, 0.1) is 0 Å². The molecule has 0 aliphatic carbocycles. The van der Waals surface area contributed by atoms with E-state index in [0.717, 1.165) is 17.7 Å². The molecule has 0 heterocycles. The van der Waals surface area contributed by atoms with Crippen LogP contribution < -0.4 is 10.6 Å². The zero-order valence-electron chi connectivity index (χ0n) is 17.3. The fraction of sp³-hybridized carbons (Fsp3) is 0.476. The van der Waals surface area contributed by atoms with E-state index in [9.17, 15) is 19.5 Å². The molecule has 1 unspecified atom stereocenters. The van der Waals surface area contributed by atoms with Crippen LogP contribution in [0, 0.1) is 12.5 Å². The molecule has 29 heavy (non-hydrogen) atoms. The molecule has 1 aromatic rings. The van der Waals surface area contributed by atoms with Crippen LogP contribution in [0.3, 0.4) is 0 Å². The van der Waals surface area contributed by atoms with Crippen molar-refractivity contribution >= 4 is 17.9 Å². The van der Waals surface area contributed by atoms with Gasteiger partial charge in [-0.05, 0) is 44.9 Å². The molecule has 1 rings (SSSR count). The van der Waals surface area contributed by atoms with E-state index in [1.54, 1.807) is 32.9 Å². The molecule has 0 radical (unpaired) electrons. The van der Waals surface area contributed by atoms with Crippen molar-refractivity contribution in [3.8, 4) is 18.2 Å². The molecule has 0 saturated carbocycles. The second kappa shape index (κ2) is 11.0. The van der Waals surface area contributed by atoms with Crippen LogP contribution in [0.2, 0.25) is 0 Å². The zero-order valence-corrected chi connectivity index (χ0v) is 17.3. The molecule has 3 N–H and O–H groups in total. The fourth-order valence-electron chi connectivity index (χ4n) is 2.44. The monoisotopic (exact) mass is 403 g/mol. The average molecular weight is 403 g/mol. The molecule has 1 atom stereocenters. The van der Waals surface area contributed by atoms with Crippen molar-refractivity contribution in [2.24, 2.45) is 0 Å². The lowest BCUT2D eigenvalue weighted by atomic mass is 10.0. The van der Waals surface area contributed by atoms with Gasteiger partial charge in [-0.3, -0.25) is 14.5 Å². The van der Waals surface area contributed by atoms with Crippen LogP contribution in [0.1, 0.15) is 52.1 Å². The van der Waals surface area contributed by atoms with Crippen molar-refractivity contribution in [3.63, 3.8) is 0 Å². The summed E-state index contributed by atoms with van der Waals surface area (Å²) in [7, 11) is 0. The summed E-state index contributed by atoms with van der Waals surface area (Å²) in [6.45, 7) is 7.05. The molecule has 0 saturated heterocycles. The van der Waals surface area contributed by atoms with Crippen LogP contribution in [-0.4, -0.2) is 46.6 Å². The Kier molecular flexibility index (Phi) is 9.00. The summed E-state index contributed by atoms with van der Waals surface area (Å²) in [5, 5.41) is 14.9. The summed E-state index contributed by atoms with van der Waals surface area (Å²) in [6.07, 6.45) is 6.40. The largest absolute Gasteiger partial charge is 0.508 e. The Morgan fingerprint density at radius 3 is 2.52 bits per heavy atom. The van der Waals surface area contributed by atoms with Gasteiger partial charge in [0.25, 0.3) is 5.91 Å². The third-order valence-corrected chi connectivity index (χ3v) is 3.71. The van der Waals surface area contributed by atoms with Crippen LogP contribution in [0.15, 0.2) is 24.3 Å². The Hall–Kier alpha value is -3.21. The lowest BCUT2D eigenvalue weighted by molar-refractivity contribution is -0.136. The number of nitrogens with one attached hydrogen (secondary N) is 2. The van der Waals surface area contributed by atoms with Crippen molar-refractivity contribution in [1.29, 1.82) is 0 Å². The number of hydrogen-bond donors (Lipinski definition) is 3. The number of carbonyl (C=O) groups is 3. The molecular weight excluding hydrogens is 374 g/mol. The number of amides is 3. The van der Waals surface area contributed by atoms with Crippen molar-refractivity contribution in [1.82, 2.24) is 15.5 Å². The second-order valence-corrected chi connectivity index (χ2v) is 7.39. The van der Waals surface area contributed by atoms with Gasteiger partial charge in [0.2, 0.25) is 5.91 Å². The fourth-order valence-corrected chi connectivity index (χ4v) is 2.44.